The van der Waals surface area contributed by atoms with E-state index >= 15 is 0 Å². The highest BCUT2D eigenvalue weighted by atomic mass is 15.3. The molecule has 4 heteroatoms. The number of nitrogens with one attached hydrogen (secondary N) is 1. The minimum Gasteiger partial charge on any atom is -0.317 e. The number of fused-ring (bicyclic) bond motifs is 1. The molecule has 0 radical (unpaired) electrons. The van der Waals surface area contributed by atoms with Gasteiger partial charge in [-0.15, -0.1) is 0 Å². The first-order chi connectivity index (χ1) is 7.74. The van der Waals surface area contributed by atoms with Crippen LogP contribution in [0.15, 0.2) is 12.4 Å². The van der Waals surface area contributed by atoms with E-state index in [0.29, 0.717) is 0 Å². The lowest BCUT2D eigenvalue weighted by Gasteiger charge is -1.94. The van der Waals surface area contributed by atoms with Crippen molar-refractivity contribution >= 4 is 17.6 Å². The molecule has 82 valence electrons. The third-order valence-corrected chi connectivity index (χ3v) is 2.19. The van der Waals surface area contributed by atoms with Crippen LogP contribution in [-0.2, 0) is 7.05 Å². The number of rotatable bonds is 0. The third kappa shape index (κ3) is 1.94. The van der Waals surface area contributed by atoms with Gasteiger partial charge in [0.25, 0.3) is 0 Å². The summed E-state index contributed by atoms with van der Waals surface area (Å²) in [4.78, 5) is 4.14. The van der Waals surface area contributed by atoms with Crippen molar-refractivity contribution in [1.29, 1.82) is 5.41 Å². The van der Waals surface area contributed by atoms with Crippen molar-refractivity contribution in [3.05, 3.63) is 23.7 Å². The molecule has 0 saturated carbocycles. The molecule has 0 saturated heterocycles. The molecule has 16 heavy (non-hydrogen) atoms. The van der Waals surface area contributed by atoms with Crippen molar-refractivity contribution in [2.75, 3.05) is 0 Å². The molecule has 0 atom stereocenters. The number of hydrogen-bond acceptors (Lipinski definition) is 3. The SMILES string of the molecule is C=N.CC#Cc1nn(C)c2cncc(C)c12. The van der Waals surface area contributed by atoms with Crippen LogP contribution in [0.3, 0.4) is 0 Å². The quantitative estimate of drug-likeness (QED) is 0.538. The average Bonchev–Trinajstić information content (AvgIpc) is 2.61. The van der Waals surface area contributed by atoms with Crippen LogP contribution < -0.4 is 0 Å². The summed E-state index contributed by atoms with van der Waals surface area (Å²) in [5.41, 5.74) is 2.99. The summed E-state index contributed by atoms with van der Waals surface area (Å²) in [5.74, 6) is 5.87. The van der Waals surface area contributed by atoms with Crippen LogP contribution in [0.4, 0.5) is 0 Å². The van der Waals surface area contributed by atoms with Crippen LogP contribution in [0.2, 0.25) is 0 Å². The highest BCUT2D eigenvalue weighted by Crippen LogP contribution is 2.19. The summed E-state index contributed by atoms with van der Waals surface area (Å²) in [6, 6.07) is 0. The first kappa shape index (κ1) is 11.9. The van der Waals surface area contributed by atoms with Crippen molar-refractivity contribution in [2.24, 2.45) is 7.05 Å². The second-order valence-corrected chi connectivity index (χ2v) is 3.20. The van der Waals surface area contributed by atoms with Crippen molar-refractivity contribution < 1.29 is 0 Å². The zero-order valence-electron chi connectivity index (χ0n) is 9.70. The normalized spacial score (nSPS) is 8.94. The predicted molar refractivity (Wildman–Crippen MR) is 65.6 cm³/mol. The number of pyridine rings is 1. The molecule has 0 amide bonds. The molecule has 0 aliphatic heterocycles. The molecule has 0 aliphatic rings. The molecule has 0 spiro atoms. The molecule has 2 rings (SSSR count). The largest absolute Gasteiger partial charge is 0.317 e. The van der Waals surface area contributed by atoms with E-state index in [-0.39, 0.29) is 0 Å². The summed E-state index contributed by atoms with van der Waals surface area (Å²) < 4.78 is 1.81. The molecular weight excluding hydrogens is 200 g/mol. The molecule has 0 bridgehead atoms. The first-order valence-electron chi connectivity index (χ1n) is 4.79. The van der Waals surface area contributed by atoms with Gasteiger partial charge in [0, 0.05) is 18.6 Å². The lowest BCUT2D eigenvalue weighted by molar-refractivity contribution is 0.790. The molecule has 0 fully saturated rings. The molecule has 2 aromatic rings. The van der Waals surface area contributed by atoms with Crippen LogP contribution in [-0.4, -0.2) is 21.5 Å². The van der Waals surface area contributed by atoms with Crippen LogP contribution in [0.1, 0.15) is 18.2 Å². The molecule has 2 heterocycles. The van der Waals surface area contributed by atoms with Crippen LogP contribution in [0.5, 0.6) is 0 Å². The van der Waals surface area contributed by atoms with Crippen LogP contribution >= 0.6 is 0 Å². The van der Waals surface area contributed by atoms with Gasteiger partial charge in [0.15, 0.2) is 0 Å². The van der Waals surface area contributed by atoms with Gasteiger partial charge in [-0.25, -0.2) is 0 Å². The fourth-order valence-electron chi connectivity index (χ4n) is 1.56. The molecule has 0 aliphatic carbocycles. The number of aryl methyl sites for hydroxylation is 2. The van der Waals surface area contributed by atoms with E-state index in [1.807, 2.05) is 38.0 Å². The zero-order chi connectivity index (χ0) is 12.1. The lowest BCUT2D eigenvalue weighted by Crippen LogP contribution is -1.89. The Bertz CT molecular complexity index is 557. The summed E-state index contributed by atoms with van der Waals surface area (Å²) >= 11 is 0. The van der Waals surface area contributed by atoms with Gasteiger partial charge in [0.05, 0.1) is 11.7 Å². The topological polar surface area (TPSA) is 54.6 Å². The Morgan fingerprint density at radius 2 is 2.06 bits per heavy atom. The Labute approximate surface area is 94.8 Å². The minimum atomic E-state index is 0.838. The highest BCUT2D eigenvalue weighted by Gasteiger charge is 2.08. The van der Waals surface area contributed by atoms with Gasteiger partial charge in [-0.1, -0.05) is 5.92 Å². The van der Waals surface area contributed by atoms with Gasteiger partial charge in [0.1, 0.15) is 5.69 Å². The number of hydrogen-bond donors (Lipinski definition) is 1. The maximum atomic E-state index is 5.50. The zero-order valence-corrected chi connectivity index (χ0v) is 9.70. The second kappa shape index (κ2) is 5.08. The van der Waals surface area contributed by atoms with Crippen molar-refractivity contribution in [2.45, 2.75) is 13.8 Å². The van der Waals surface area contributed by atoms with Gasteiger partial charge in [-0.2, -0.15) is 5.10 Å². The highest BCUT2D eigenvalue weighted by molar-refractivity contribution is 5.86. The Morgan fingerprint density at radius 1 is 1.38 bits per heavy atom. The van der Waals surface area contributed by atoms with Gasteiger partial charge in [0.2, 0.25) is 0 Å². The maximum absolute atomic E-state index is 5.50. The molecule has 1 N–H and O–H groups in total. The summed E-state index contributed by atoms with van der Waals surface area (Å²) in [5, 5.41) is 11.0. The van der Waals surface area contributed by atoms with Crippen molar-refractivity contribution in [3.63, 3.8) is 0 Å². The molecule has 4 nitrogen and oxygen atoms in total. The van der Waals surface area contributed by atoms with E-state index in [0.717, 1.165) is 22.2 Å². The number of aromatic nitrogens is 3. The van der Waals surface area contributed by atoms with Crippen molar-refractivity contribution in [1.82, 2.24) is 14.8 Å². The molecular formula is C12H14N4. The third-order valence-electron chi connectivity index (χ3n) is 2.19. The maximum Gasteiger partial charge on any atom is 0.143 e. The standard InChI is InChI=1S/C11H11N3.CH3N/c1-4-5-9-11-8(2)6-12-7-10(11)14(3)13-9;1-2/h6-7H,1-3H3;2H,1H2. The van der Waals surface area contributed by atoms with E-state index < -0.39 is 0 Å². The van der Waals surface area contributed by atoms with E-state index in [2.05, 4.69) is 28.6 Å². The van der Waals surface area contributed by atoms with Gasteiger partial charge >= 0.3 is 0 Å². The van der Waals surface area contributed by atoms with E-state index in [1.165, 1.54) is 0 Å². The summed E-state index contributed by atoms with van der Waals surface area (Å²) in [6.07, 6.45) is 3.65. The fraction of sp³-hybridized carbons (Fsp3) is 0.250. The lowest BCUT2D eigenvalue weighted by atomic mass is 10.1. The molecule has 2 aromatic heterocycles. The van der Waals surface area contributed by atoms with Gasteiger partial charge < -0.3 is 5.41 Å². The van der Waals surface area contributed by atoms with Gasteiger partial charge in [-0.3, -0.25) is 9.67 Å². The molecule has 0 unspecified atom stereocenters. The predicted octanol–water partition coefficient (Wildman–Crippen LogP) is 1.91. The van der Waals surface area contributed by atoms with Crippen LogP contribution in [0.25, 0.3) is 10.9 Å². The summed E-state index contributed by atoms with van der Waals surface area (Å²) in [7, 11) is 1.91. The van der Waals surface area contributed by atoms with Crippen LogP contribution in [0, 0.1) is 24.2 Å². The fourth-order valence-corrected chi connectivity index (χ4v) is 1.56. The Kier molecular flexibility index (Phi) is 3.78. The smallest absolute Gasteiger partial charge is 0.143 e. The van der Waals surface area contributed by atoms with E-state index in [1.54, 1.807) is 0 Å². The minimum absolute atomic E-state index is 0.838. The Morgan fingerprint density at radius 3 is 2.69 bits per heavy atom. The van der Waals surface area contributed by atoms with E-state index in [9.17, 15) is 0 Å². The van der Waals surface area contributed by atoms with Gasteiger partial charge in [-0.05, 0) is 32.0 Å². The monoisotopic (exact) mass is 214 g/mol. The van der Waals surface area contributed by atoms with E-state index in [4.69, 9.17) is 5.41 Å². The summed E-state index contributed by atoms with van der Waals surface area (Å²) in [6.45, 7) is 6.34. The average molecular weight is 214 g/mol. The second-order valence-electron chi connectivity index (χ2n) is 3.20. The first-order valence-corrected chi connectivity index (χ1v) is 4.79. The Balaban J connectivity index is 0.000000606. The molecule has 0 aromatic carbocycles. The number of nitrogens with zero attached hydrogens (tertiary/aromatic N) is 3. The Hall–Kier alpha value is -2.15. The van der Waals surface area contributed by atoms with Crippen molar-refractivity contribution in [3.8, 4) is 11.8 Å².